The van der Waals surface area contributed by atoms with Crippen LogP contribution in [-0.4, -0.2) is 17.9 Å². The maximum atomic E-state index is 13.2. The summed E-state index contributed by atoms with van der Waals surface area (Å²) in [4.78, 5) is 25.1. The Morgan fingerprint density at radius 3 is 2.33 bits per heavy atom. The molecule has 0 unspecified atom stereocenters. The van der Waals surface area contributed by atoms with Gasteiger partial charge in [0.25, 0.3) is 11.8 Å². The van der Waals surface area contributed by atoms with Crippen LogP contribution in [0, 0.1) is 11.8 Å². The van der Waals surface area contributed by atoms with E-state index in [-0.39, 0.29) is 17.9 Å². The van der Waals surface area contributed by atoms with Crippen LogP contribution >= 0.6 is 0 Å². The smallest absolute Gasteiger partial charge is 0.296 e. The lowest BCUT2D eigenvalue weighted by Gasteiger charge is -2.20. The second-order valence-corrected chi connectivity index (χ2v) is 9.63. The van der Waals surface area contributed by atoms with Gasteiger partial charge in [0.2, 0.25) is 0 Å². The molecule has 0 radical (unpaired) electrons. The van der Waals surface area contributed by atoms with Crippen molar-refractivity contribution in [3.8, 4) is 11.8 Å². The molecule has 3 aromatic carbocycles. The molecule has 1 aliphatic heterocycles. The zero-order valence-corrected chi connectivity index (χ0v) is 20.9. The van der Waals surface area contributed by atoms with E-state index in [1.807, 2.05) is 94.4 Å². The maximum absolute atomic E-state index is 13.2. The van der Waals surface area contributed by atoms with Gasteiger partial charge in [-0.25, -0.2) is 0 Å². The number of hydrogen-bond acceptors (Lipinski definition) is 4. The van der Waals surface area contributed by atoms with Crippen LogP contribution in [0.4, 0.5) is 11.4 Å². The number of benzene rings is 3. The number of fused-ring (bicyclic) bond motifs is 1. The third-order valence-electron chi connectivity index (χ3n) is 5.72. The van der Waals surface area contributed by atoms with Crippen molar-refractivity contribution in [2.45, 2.75) is 39.3 Å². The highest BCUT2D eigenvalue weighted by Gasteiger charge is 2.28. The molecule has 5 N–H and O–H groups in total. The van der Waals surface area contributed by atoms with Crippen molar-refractivity contribution in [2.75, 3.05) is 10.6 Å². The Morgan fingerprint density at radius 2 is 1.69 bits per heavy atom. The number of rotatable bonds is 5. The monoisotopic (exact) mass is 478 g/mol. The van der Waals surface area contributed by atoms with Crippen LogP contribution in [0.25, 0.3) is 11.3 Å². The Balaban J connectivity index is 1.73. The fraction of sp³-hybridized carbons (Fsp3) is 0.200. The van der Waals surface area contributed by atoms with Gasteiger partial charge in [0.1, 0.15) is 0 Å². The second kappa shape index (κ2) is 10.1. The van der Waals surface area contributed by atoms with E-state index in [9.17, 15) is 9.59 Å². The van der Waals surface area contributed by atoms with Crippen molar-refractivity contribution < 1.29 is 9.59 Å². The predicted octanol–water partition coefficient (Wildman–Crippen LogP) is 4.69. The molecule has 4 rings (SSSR count). The molecular weight excluding hydrogens is 448 g/mol. The molecule has 0 fully saturated rings. The van der Waals surface area contributed by atoms with Crippen molar-refractivity contribution in [3.63, 3.8) is 0 Å². The highest BCUT2D eigenvalue weighted by molar-refractivity contribution is 6.37. The lowest BCUT2D eigenvalue weighted by atomic mass is 9.95. The van der Waals surface area contributed by atoms with Gasteiger partial charge in [0, 0.05) is 34.3 Å². The van der Waals surface area contributed by atoms with E-state index in [1.54, 1.807) is 6.07 Å². The van der Waals surface area contributed by atoms with Crippen LogP contribution in [0.1, 0.15) is 49.9 Å². The summed E-state index contributed by atoms with van der Waals surface area (Å²) in [5, 5.41) is 9.15. The van der Waals surface area contributed by atoms with Gasteiger partial charge in [-0.2, -0.15) is 0 Å². The van der Waals surface area contributed by atoms with Gasteiger partial charge in [0.05, 0.1) is 17.0 Å². The number of nitrogens with one attached hydrogen (secondary N) is 3. The van der Waals surface area contributed by atoms with Crippen LogP contribution in [0.5, 0.6) is 0 Å². The fourth-order valence-corrected chi connectivity index (χ4v) is 3.94. The van der Waals surface area contributed by atoms with E-state index in [2.05, 4.69) is 27.8 Å². The van der Waals surface area contributed by atoms with Gasteiger partial charge in [-0.05, 0) is 63.1 Å². The number of hydrogen-bond donors (Lipinski definition) is 4. The van der Waals surface area contributed by atoms with Gasteiger partial charge in [-0.15, -0.1) is 0 Å². The molecule has 1 aliphatic rings. The molecule has 0 aliphatic carbocycles. The molecule has 6 heteroatoms. The molecule has 2 amide bonds. The zero-order valence-electron chi connectivity index (χ0n) is 20.9. The molecular formula is C30H30N4O2. The van der Waals surface area contributed by atoms with Crippen LogP contribution in [-0.2, 0) is 15.1 Å². The number of carbonyl (C=O) groups is 2. The first-order valence-corrected chi connectivity index (χ1v) is 11.9. The molecule has 0 saturated carbocycles. The number of amides is 2. The molecule has 0 saturated heterocycles. The fourth-order valence-electron chi connectivity index (χ4n) is 3.94. The predicted molar refractivity (Wildman–Crippen MR) is 146 cm³/mol. The van der Waals surface area contributed by atoms with Crippen molar-refractivity contribution >= 4 is 34.5 Å². The van der Waals surface area contributed by atoms with E-state index in [4.69, 9.17) is 5.73 Å². The topological polar surface area (TPSA) is 96.2 Å². The van der Waals surface area contributed by atoms with Gasteiger partial charge in [0.15, 0.2) is 0 Å². The van der Waals surface area contributed by atoms with Crippen LogP contribution in [0.2, 0.25) is 0 Å². The van der Waals surface area contributed by atoms with Crippen molar-refractivity contribution in [1.29, 1.82) is 0 Å². The van der Waals surface area contributed by atoms with Gasteiger partial charge in [-0.1, -0.05) is 54.5 Å². The third-order valence-corrected chi connectivity index (χ3v) is 5.72. The molecule has 0 bridgehead atoms. The second-order valence-electron chi connectivity index (χ2n) is 9.63. The summed E-state index contributed by atoms with van der Waals surface area (Å²) < 4.78 is 0. The van der Waals surface area contributed by atoms with Crippen LogP contribution < -0.4 is 21.7 Å². The average molecular weight is 479 g/mol. The summed E-state index contributed by atoms with van der Waals surface area (Å²) in [6, 6.07) is 23.1. The number of anilines is 2. The lowest BCUT2D eigenvalue weighted by Crippen LogP contribution is -2.28. The highest BCUT2D eigenvalue weighted by atomic mass is 16.2. The third kappa shape index (κ3) is 5.65. The summed E-state index contributed by atoms with van der Waals surface area (Å²) in [7, 11) is 0. The van der Waals surface area contributed by atoms with Crippen molar-refractivity contribution in [3.05, 3.63) is 95.1 Å². The van der Waals surface area contributed by atoms with Gasteiger partial charge in [-0.3, -0.25) is 9.59 Å². The minimum Gasteiger partial charge on any atom is -0.354 e. The summed E-state index contributed by atoms with van der Waals surface area (Å²) in [6.07, 6.45) is 0. The van der Waals surface area contributed by atoms with Crippen molar-refractivity contribution in [1.82, 2.24) is 5.32 Å². The Kier molecular flexibility index (Phi) is 6.96. The van der Waals surface area contributed by atoms with E-state index >= 15 is 0 Å². The summed E-state index contributed by atoms with van der Waals surface area (Å²) >= 11 is 0. The molecule has 0 atom stereocenters. The SMILES string of the molecule is CC(C)NC(=O)C#Cc1ccc2c(c1)NC(=O)/C2=C(/Nc1ccc(C(C)(C)N)cc1)c1ccccc1. The lowest BCUT2D eigenvalue weighted by molar-refractivity contribution is -0.116. The standard InChI is InChI=1S/C30H30N4O2/c1-19(2)32-26(35)17-11-20-10-16-24-25(18-20)34-29(36)27(24)28(21-8-6-5-7-9-21)33-23-14-12-22(13-15-23)30(3,4)31/h5-10,12-16,18-19,33H,31H2,1-4H3,(H,32,35)(H,34,36)/b28-27+. The summed E-state index contributed by atoms with van der Waals surface area (Å²) in [5.74, 6) is 4.92. The van der Waals surface area contributed by atoms with Crippen LogP contribution in [0.15, 0.2) is 72.8 Å². The van der Waals surface area contributed by atoms with E-state index in [1.165, 1.54) is 0 Å². The minimum atomic E-state index is -0.445. The molecule has 182 valence electrons. The quantitative estimate of drug-likeness (QED) is 0.316. The maximum Gasteiger partial charge on any atom is 0.296 e. The van der Waals surface area contributed by atoms with E-state index in [0.29, 0.717) is 22.5 Å². The highest BCUT2D eigenvalue weighted by Crippen LogP contribution is 2.38. The first-order chi connectivity index (χ1) is 17.1. The molecule has 1 heterocycles. The Labute approximate surface area is 212 Å². The van der Waals surface area contributed by atoms with E-state index < -0.39 is 5.54 Å². The molecule has 3 aromatic rings. The summed E-state index contributed by atoms with van der Waals surface area (Å²) in [5.41, 5.74) is 11.8. The number of nitrogens with two attached hydrogens (primary N) is 1. The molecule has 0 aromatic heterocycles. The minimum absolute atomic E-state index is 0.0145. The normalized spacial score (nSPS) is 13.9. The van der Waals surface area contributed by atoms with Gasteiger partial charge < -0.3 is 21.7 Å². The van der Waals surface area contributed by atoms with Crippen molar-refractivity contribution in [2.24, 2.45) is 5.73 Å². The first-order valence-electron chi connectivity index (χ1n) is 11.9. The zero-order chi connectivity index (χ0) is 25.9. The molecule has 36 heavy (non-hydrogen) atoms. The average Bonchev–Trinajstić information content (AvgIpc) is 3.16. The largest absolute Gasteiger partial charge is 0.354 e. The van der Waals surface area contributed by atoms with Gasteiger partial charge >= 0.3 is 0 Å². The Hall–Kier alpha value is -4.34. The number of carbonyl (C=O) groups excluding carboxylic acids is 2. The molecule has 0 spiro atoms. The first kappa shape index (κ1) is 24.8. The van der Waals surface area contributed by atoms with E-state index in [0.717, 1.165) is 22.4 Å². The molecule has 6 nitrogen and oxygen atoms in total. The Morgan fingerprint density at radius 1 is 1.00 bits per heavy atom. The summed E-state index contributed by atoms with van der Waals surface area (Å²) in [6.45, 7) is 7.68. The Bertz CT molecular complexity index is 1390. The van der Waals surface area contributed by atoms with Crippen LogP contribution in [0.3, 0.4) is 0 Å².